The van der Waals surface area contributed by atoms with Crippen molar-refractivity contribution in [2.24, 2.45) is 0 Å². The van der Waals surface area contributed by atoms with Crippen LogP contribution in [0.3, 0.4) is 0 Å². The standard InChI is InChI=1S/C28H33FN4O2/c29-24-12-6-4-9-21(24)19-33-25-13-7-5-8-20(25)18-26(33)27(34)32-16-14-23(15-17-32)31-28(35)30-22-10-2-1-3-11-22/h4-9,12-13,18,22-23H,1-3,10-11,14-17,19H2,(H2,30,31,35). The van der Waals surface area contributed by atoms with Crippen molar-refractivity contribution in [1.29, 1.82) is 0 Å². The maximum atomic E-state index is 14.4. The van der Waals surface area contributed by atoms with Gasteiger partial charge in [-0.3, -0.25) is 4.79 Å². The summed E-state index contributed by atoms with van der Waals surface area (Å²) in [5.74, 6) is -0.329. The lowest BCUT2D eigenvalue weighted by Gasteiger charge is -2.33. The van der Waals surface area contributed by atoms with Gasteiger partial charge in [-0.25, -0.2) is 9.18 Å². The second-order valence-corrected chi connectivity index (χ2v) is 9.79. The normalized spacial score (nSPS) is 17.5. The topological polar surface area (TPSA) is 66.4 Å². The van der Waals surface area contributed by atoms with Gasteiger partial charge < -0.3 is 20.1 Å². The predicted octanol–water partition coefficient (Wildman–Crippen LogP) is 5.07. The molecule has 1 aliphatic carbocycles. The highest BCUT2D eigenvalue weighted by Gasteiger charge is 2.28. The van der Waals surface area contributed by atoms with Crippen LogP contribution in [0.25, 0.3) is 10.9 Å². The van der Waals surface area contributed by atoms with Gasteiger partial charge in [-0.15, -0.1) is 0 Å². The highest BCUT2D eigenvalue weighted by Crippen LogP contribution is 2.25. The Labute approximate surface area is 205 Å². The number of carbonyl (C=O) groups is 2. The number of nitrogens with one attached hydrogen (secondary N) is 2. The van der Waals surface area contributed by atoms with Crippen LogP contribution >= 0.6 is 0 Å². The number of benzene rings is 2. The molecule has 35 heavy (non-hydrogen) atoms. The number of piperidine rings is 1. The Balaban J connectivity index is 1.25. The van der Waals surface area contributed by atoms with Crippen molar-refractivity contribution < 1.29 is 14.0 Å². The number of aromatic nitrogens is 1. The second-order valence-electron chi connectivity index (χ2n) is 9.79. The Bertz CT molecular complexity index is 1190. The van der Waals surface area contributed by atoms with Gasteiger partial charge in [0.1, 0.15) is 11.5 Å². The van der Waals surface area contributed by atoms with Gasteiger partial charge in [0.2, 0.25) is 0 Å². The van der Waals surface area contributed by atoms with Crippen LogP contribution in [-0.2, 0) is 6.54 Å². The molecule has 3 amide bonds. The summed E-state index contributed by atoms with van der Waals surface area (Å²) in [7, 11) is 0. The predicted molar refractivity (Wildman–Crippen MR) is 135 cm³/mol. The molecule has 0 unspecified atom stereocenters. The van der Waals surface area contributed by atoms with Crippen molar-refractivity contribution in [2.45, 2.75) is 63.6 Å². The molecule has 0 radical (unpaired) electrons. The molecule has 3 aromatic rings. The Kier molecular flexibility index (Phi) is 7.02. The number of halogens is 1. The number of rotatable bonds is 5. The van der Waals surface area contributed by atoms with Crippen LogP contribution in [0.2, 0.25) is 0 Å². The highest BCUT2D eigenvalue weighted by molar-refractivity contribution is 5.99. The lowest BCUT2D eigenvalue weighted by atomic mass is 9.96. The molecule has 0 atom stereocenters. The van der Waals surface area contributed by atoms with E-state index in [4.69, 9.17) is 0 Å². The van der Waals surface area contributed by atoms with Crippen molar-refractivity contribution in [3.8, 4) is 0 Å². The van der Waals surface area contributed by atoms with Crippen molar-refractivity contribution in [2.75, 3.05) is 13.1 Å². The van der Waals surface area contributed by atoms with E-state index >= 15 is 0 Å². The molecule has 184 valence electrons. The van der Waals surface area contributed by atoms with E-state index in [0.717, 1.165) is 36.6 Å². The van der Waals surface area contributed by atoms with E-state index in [9.17, 15) is 14.0 Å². The summed E-state index contributed by atoms with van der Waals surface area (Å²) < 4.78 is 16.3. The van der Waals surface area contributed by atoms with Crippen LogP contribution in [0.4, 0.5) is 9.18 Å². The molecule has 2 aliphatic rings. The fraction of sp³-hybridized carbons (Fsp3) is 0.429. The number of hydrogen-bond donors (Lipinski definition) is 2. The SMILES string of the molecule is O=C(NC1CCCCC1)NC1CCN(C(=O)c2cc3ccccc3n2Cc2ccccc2F)CC1. The number of amides is 3. The number of nitrogens with zero attached hydrogens (tertiary/aromatic N) is 2. The lowest BCUT2D eigenvalue weighted by Crippen LogP contribution is -2.51. The molecule has 2 N–H and O–H groups in total. The fourth-order valence-electron chi connectivity index (χ4n) is 5.40. The van der Waals surface area contributed by atoms with E-state index in [2.05, 4.69) is 10.6 Å². The van der Waals surface area contributed by atoms with Crippen LogP contribution in [-0.4, -0.2) is 46.6 Å². The Morgan fingerprint density at radius 2 is 1.51 bits per heavy atom. The quantitative estimate of drug-likeness (QED) is 0.540. The largest absolute Gasteiger partial charge is 0.337 e. The van der Waals surface area contributed by atoms with Crippen molar-refractivity contribution in [3.63, 3.8) is 0 Å². The minimum absolute atomic E-state index is 0.0531. The van der Waals surface area contributed by atoms with E-state index in [1.165, 1.54) is 25.3 Å². The van der Waals surface area contributed by atoms with E-state index in [0.29, 0.717) is 30.9 Å². The number of carbonyl (C=O) groups excluding carboxylic acids is 2. The molecule has 6 nitrogen and oxygen atoms in total. The van der Waals surface area contributed by atoms with Gasteiger partial charge in [0.05, 0.1) is 6.54 Å². The van der Waals surface area contributed by atoms with Crippen LogP contribution in [0.15, 0.2) is 54.6 Å². The van der Waals surface area contributed by atoms with Gasteiger partial charge in [-0.05, 0) is 43.9 Å². The lowest BCUT2D eigenvalue weighted by molar-refractivity contribution is 0.0698. The third-order valence-electron chi connectivity index (χ3n) is 7.37. The number of hydrogen-bond acceptors (Lipinski definition) is 2. The molecule has 1 saturated heterocycles. The first-order valence-corrected chi connectivity index (χ1v) is 12.8. The summed E-state index contributed by atoms with van der Waals surface area (Å²) in [6, 6.07) is 16.7. The second kappa shape index (κ2) is 10.5. The minimum Gasteiger partial charge on any atom is -0.337 e. The summed E-state index contributed by atoms with van der Waals surface area (Å²) in [4.78, 5) is 27.8. The molecule has 5 rings (SSSR count). The first-order valence-electron chi connectivity index (χ1n) is 12.8. The fourth-order valence-corrected chi connectivity index (χ4v) is 5.40. The van der Waals surface area contributed by atoms with Crippen molar-refractivity contribution in [1.82, 2.24) is 20.1 Å². The van der Waals surface area contributed by atoms with Crippen LogP contribution < -0.4 is 10.6 Å². The molecule has 1 saturated carbocycles. The first-order chi connectivity index (χ1) is 17.1. The third-order valence-corrected chi connectivity index (χ3v) is 7.37. The summed E-state index contributed by atoms with van der Waals surface area (Å²) in [6.07, 6.45) is 7.17. The Morgan fingerprint density at radius 1 is 0.857 bits per heavy atom. The summed E-state index contributed by atoms with van der Waals surface area (Å²) in [5.41, 5.74) is 2.03. The van der Waals surface area contributed by atoms with Crippen LogP contribution in [0.1, 0.15) is 61.0 Å². The van der Waals surface area contributed by atoms with Gasteiger partial charge in [0, 0.05) is 41.6 Å². The van der Waals surface area contributed by atoms with Gasteiger partial charge in [-0.2, -0.15) is 0 Å². The number of para-hydroxylation sites is 1. The highest BCUT2D eigenvalue weighted by atomic mass is 19.1. The van der Waals surface area contributed by atoms with E-state index in [1.807, 2.05) is 45.9 Å². The molecule has 1 aromatic heterocycles. The number of fused-ring (bicyclic) bond motifs is 1. The molecule has 2 fully saturated rings. The average molecular weight is 477 g/mol. The van der Waals surface area contributed by atoms with E-state index in [-0.39, 0.29) is 29.8 Å². The monoisotopic (exact) mass is 476 g/mol. The van der Waals surface area contributed by atoms with Crippen molar-refractivity contribution in [3.05, 3.63) is 71.7 Å². The molecule has 0 bridgehead atoms. The van der Waals surface area contributed by atoms with Crippen LogP contribution in [0.5, 0.6) is 0 Å². The van der Waals surface area contributed by atoms with Crippen LogP contribution in [0, 0.1) is 5.82 Å². The Hall–Kier alpha value is -3.35. The molecular formula is C28H33FN4O2. The third kappa shape index (κ3) is 5.34. The zero-order valence-electron chi connectivity index (χ0n) is 20.0. The summed E-state index contributed by atoms with van der Waals surface area (Å²) >= 11 is 0. The van der Waals surface area contributed by atoms with Gasteiger partial charge in [0.25, 0.3) is 5.91 Å². The molecule has 0 spiro atoms. The summed E-state index contributed by atoms with van der Waals surface area (Å²) in [5, 5.41) is 7.18. The molecule has 1 aliphatic heterocycles. The minimum atomic E-state index is -0.276. The zero-order chi connectivity index (χ0) is 24.2. The number of urea groups is 1. The first kappa shape index (κ1) is 23.4. The molecular weight excluding hydrogens is 443 g/mol. The van der Waals surface area contributed by atoms with E-state index in [1.54, 1.807) is 12.1 Å². The average Bonchev–Trinajstić information content (AvgIpc) is 3.24. The van der Waals surface area contributed by atoms with Gasteiger partial charge in [-0.1, -0.05) is 55.7 Å². The van der Waals surface area contributed by atoms with Crippen molar-refractivity contribution >= 4 is 22.8 Å². The molecule has 7 heteroatoms. The Morgan fingerprint density at radius 3 is 2.26 bits per heavy atom. The van der Waals surface area contributed by atoms with Gasteiger partial charge >= 0.3 is 6.03 Å². The smallest absolute Gasteiger partial charge is 0.315 e. The number of likely N-dealkylation sites (tertiary alicyclic amines) is 1. The molecule has 2 heterocycles. The maximum absolute atomic E-state index is 14.4. The maximum Gasteiger partial charge on any atom is 0.315 e. The summed E-state index contributed by atoms with van der Waals surface area (Å²) in [6.45, 7) is 1.45. The van der Waals surface area contributed by atoms with Gasteiger partial charge in [0.15, 0.2) is 0 Å². The molecule has 2 aromatic carbocycles. The van der Waals surface area contributed by atoms with E-state index < -0.39 is 0 Å². The zero-order valence-corrected chi connectivity index (χ0v) is 20.0.